The van der Waals surface area contributed by atoms with Crippen molar-refractivity contribution in [3.05, 3.63) is 59.7 Å². The maximum atomic E-state index is 2.28. The van der Waals surface area contributed by atoms with E-state index in [1.54, 1.807) is 0 Å². The molecular formula is C16H16. The average molecular weight is 208 g/mol. The molecule has 1 saturated carbocycles. The molecule has 1 fully saturated rings. The smallest absolute Gasteiger partial charge is 0.0149 e. The zero-order valence-electron chi connectivity index (χ0n) is 9.61. The molecule has 0 heteroatoms. The molecular weight excluding hydrogens is 192 g/mol. The third kappa shape index (κ3) is 1.76. The molecule has 16 heavy (non-hydrogen) atoms. The van der Waals surface area contributed by atoms with Crippen LogP contribution < -0.4 is 0 Å². The Balaban J connectivity index is 2.08. The fourth-order valence-corrected chi connectivity index (χ4v) is 2.24. The molecule has 0 atom stereocenters. The van der Waals surface area contributed by atoms with Crippen LogP contribution in [0.2, 0.25) is 0 Å². The van der Waals surface area contributed by atoms with Gasteiger partial charge in [0.25, 0.3) is 0 Å². The van der Waals surface area contributed by atoms with Gasteiger partial charge in [0, 0.05) is 0 Å². The predicted molar refractivity (Wildman–Crippen MR) is 68.6 cm³/mol. The maximum absolute atomic E-state index is 2.28. The minimum absolute atomic E-state index is 0.817. The molecule has 1 aliphatic carbocycles. The van der Waals surface area contributed by atoms with Crippen molar-refractivity contribution in [2.45, 2.75) is 25.7 Å². The number of hydrogen-bond acceptors (Lipinski definition) is 0. The molecule has 0 spiro atoms. The highest BCUT2D eigenvalue weighted by atomic mass is 14.3. The summed E-state index contributed by atoms with van der Waals surface area (Å²) in [6, 6.07) is 17.7. The van der Waals surface area contributed by atoms with E-state index in [2.05, 4.69) is 55.5 Å². The van der Waals surface area contributed by atoms with Crippen molar-refractivity contribution in [2.75, 3.05) is 0 Å². The average Bonchev–Trinajstić information content (AvgIpc) is 3.14. The molecule has 2 aromatic rings. The van der Waals surface area contributed by atoms with Crippen LogP contribution in [0.1, 0.15) is 29.9 Å². The van der Waals surface area contributed by atoms with E-state index >= 15 is 0 Å². The van der Waals surface area contributed by atoms with Gasteiger partial charge < -0.3 is 0 Å². The van der Waals surface area contributed by atoms with Gasteiger partial charge in [-0.2, -0.15) is 0 Å². The van der Waals surface area contributed by atoms with E-state index in [0.717, 1.165) is 5.92 Å². The molecule has 0 radical (unpaired) electrons. The van der Waals surface area contributed by atoms with Crippen LogP contribution in [-0.2, 0) is 0 Å². The lowest BCUT2D eigenvalue weighted by Gasteiger charge is -2.08. The highest BCUT2D eigenvalue weighted by Gasteiger charge is 2.25. The molecule has 0 heterocycles. The van der Waals surface area contributed by atoms with Crippen LogP contribution in [0.4, 0.5) is 0 Å². The summed E-state index contributed by atoms with van der Waals surface area (Å²) in [5.74, 6) is 0.817. The highest BCUT2D eigenvalue weighted by molar-refractivity contribution is 5.68. The SMILES string of the molecule is Cc1ccc(-c2ccccc2C2CC2)cc1. The van der Waals surface area contributed by atoms with Crippen LogP contribution in [0.3, 0.4) is 0 Å². The van der Waals surface area contributed by atoms with Crippen LogP contribution in [0, 0.1) is 6.92 Å². The Kier molecular flexibility index (Phi) is 2.28. The van der Waals surface area contributed by atoms with Crippen molar-refractivity contribution >= 4 is 0 Å². The second kappa shape index (κ2) is 3.79. The summed E-state index contributed by atoms with van der Waals surface area (Å²) in [5.41, 5.74) is 5.64. The van der Waals surface area contributed by atoms with Gasteiger partial charge in [-0.3, -0.25) is 0 Å². The summed E-state index contributed by atoms with van der Waals surface area (Å²) in [5, 5.41) is 0. The molecule has 1 aliphatic rings. The second-order valence-electron chi connectivity index (χ2n) is 4.73. The van der Waals surface area contributed by atoms with Gasteiger partial charge in [-0.25, -0.2) is 0 Å². The lowest BCUT2D eigenvalue weighted by atomic mass is 9.96. The highest BCUT2D eigenvalue weighted by Crippen LogP contribution is 2.44. The minimum Gasteiger partial charge on any atom is -0.0619 e. The van der Waals surface area contributed by atoms with Crippen LogP contribution in [0.15, 0.2) is 48.5 Å². The Bertz CT molecular complexity index is 490. The van der Waals surface area contributed by atoms with Gasteiger partial charge in [0.1, 0.15) is 0 Å². The minimum atomic E-state index is 0.817. The van der Waals surface area contributed by atoms with Gasteiger partial charge in [0.2, 0.25) is 0 Å². The molecule has 0 unspecified atom stereocenters. The topological polar surface area (TPSA) is 0 Å². The molecule has 0 aromatic heterocycles. The predicted octanol–water partition coefficient (Wildman–Crippen LogP) is 4.54. The first-order valence-corrected chi connectivity index (χ1v) is 6.00. The summed E-state index contributed by atoms with van der Waals surface area (Å²) in [4.78, 5) is 0. The first kappa shape index (κ1) is 9.65. The first-order chi connectivity index (χ1) is 7.84. The van der Waals surface area contributed by atoms with E-state index in [-0.39, 0.29) is 0 Å². The number of benzene rings is 2. The Morgan fingerprint density at radius 2 is 1.56 bits per heavy atom. The maximum Gasteiger partial charge on any atom is -0.0149 e. The normalized spacial score (nSPS) is 15.1. The molecule has 0 aliphatic heterocycles. The van der Waals surface area contributed by atoms with Crippen LogP contribution in [-0.4, -0.2) is 0 Å². The van der Waals surface area contributed by atoms with Gasteiger partial charge in [-0.05, 0) is 42.4 Å². The first-order valence-electron chi connectivity index (χ1n) is 6.00. The number of aryl methyl sites for hydroxylation is 1. The molecule has 0 nitrogen and oxygen atoms in total. The third-order valence-corrected chi connectivity index (χ3v) is 3.34. The molecule has 0 N–H and O–H groups in total. The summed E-state index contributed by atoms with van der Waals surface area (Å²) in [7, 11) is 0. The van der Waals surface area contributed by atoms with Crippen LogP contribution >= 0.6 is 0 Å². The van der Waals surface area contributed by atoms with Crippen molar-refractivity contribution in [3.63, 3.8) is 0 Å². The molecule has 0 amide bonds. The molecule has 3 rings (SSSR count). The van der Waals surface area contributed by atoms with Gasteiger partial charge in [0.05, 0.1) is 0 Å². The largest absolute Gasteiger partial charge is 0.0619 e. The van der Waals surface area contributed by atoms with Crippen molar-refractivity contribution < 1.29 is 0 Å². The zero-order chi connectivity index (χ0) is 11.0. The lowest BCUT2D eigenvalue weighted by molar-refractivity contribution is 1.13. The zero-order valence-corrected chi connectivity index (χ0v) is 9.61. The molecule has 2 aromatic carbocycles. The van der Waals surface area contributed by atoms with E-state index in [0.29, 0.717) is 0 Å². The standard InChI is InChI=1S/C16H16/c1-12-6-8-13(9-7-12)15-4-2-3-5-16(15)14-10-11-14/h2-9,14H,10-11H2,1H3. The molecule has 0 bridgehead atoms. The van der Waals surface area contributed by atoms with Crippen molar-refractivity contribution in [2.24, 2.45) is 0 Å². The van der Waals surface area contributed by atoms with Gasteiger partial charge in [0.15, 0.2) is 0 Å². The van der Waals surface area contributed by atoms with Crippen molar-refractivity contribution in [3.8, 4) is 11.1 Å². The lowest BCUT2D eigenvalue weighted by Crippen LogP contribution is -1.86. The van der Waals surface area contributed by atoms with Crippen molar-refractivity contribution in [1.82, 2.24) is 0 Å². The molecule has 80 valence electrons. The quantitative estimate of drug-likeness (QED) is 0.679. The van der Waals surface area contributed by atoms with E-state index in [1.165, 1.54) is 35.1 Å². The van der Waals surface area contributed by atoms with E-state index in [1.807, 2.05) is 0 Å². The Hall–Kier alpha value is -1.56. The Morgan fingerprint density at radius 3 is 2.25 bits per heavy atom. The Labute approximate surface area is 96.9 Å². The monoisotopic (exact) mass is 208 g/mol. The van der Waals surface area contributed by atoms with Gasteiger partial charge >= 0.3 is 0 Å². The second-order valence-corrected chi connectivity index (χ2v) is 4.73. The van der Waals surface area contributed by atoms with Crippen molar-refractivity contribution in [1.29, 1.82) is 0 Å². The van der Waals surface area contributed by atoms with E-state index < -0.39 is 0 Å². The van der Waals surface area contributed by atoms with Gasteiger partial charge in [-0.1, -0.05) is 54.1 Å². The molecule has 0 saturated heterocycles. The third-order valence-electron chi connectivity index (χ3n) is 3.34. The van der Waals surface area contributed by atoms with Crippen LogP contribution in [0.25, 0.3) is 11.1 Å². The Morgan fingerprint density at radius 1 is 0.875 bits per heavy atom. The fraction of sp³-hybridized carbons (Fsp3) is 0.250. The number of hydrogen-bond donors (Lipinski definition) is 0. The van der Waals surface area contributed by atoms with Crippen LogP contribution in [0.5, 0.6) is 0 Å². The fourth-order valence-electron chi connectivity index (χ4n) is 2.24. The summed E-state index contributed by atoms with van der Waals surface area (Å²) < 4.78 is 0. The summed E-state index contributed by atoms with van der Waals surface area (Å²) in [6.45, 7) is 2.14. The van der Waals surface area contributed by atoms with Gasteiger partial charge in [-0.15, -0.1) is 0 Å². The summed E-state index contributed by atoms with van der Waals surface area (Å²) >= 11 is 0. The number of rotatable bonds is 2. The van der Waals surface area contributed by atoms with E-state index in [9.17, 15) is 0 Å². The summed E-state index contributed by atoms with van der Waals surface area (Å²) in [6.07, 6.45) is 2.73. The van der Waals surface area contributed by atoms with E-state index in [4.69, 9.17) is 0 Å².